The smallest absolute Gasteiger partial charge is 0.269 e. The number of nitro groups is 1. The zero-order valence-corrected chi connectivity index (χ0v) is 16.8. The lowest BCUT2D eigenvalue weighted by molar-refractivity contribution is -0.384. The number of hydrogen-bond donors (Lipinski definition) is 0. The van der Waals surface area contributed by atoms with Crippen molar-refractivity contribution < 1.29 is 19.2 Å². The van der Waals surface area contributed by atoms with Crippen molar-refractivity contribution in [2.45, 2.75) is 13.0 Å². The molecule has 0 aromatic heterocycles. The highest BCUT2D eigenvalue weighted by atomic mass is 35.5. The van der Waals surface area contributed by atoms with Crippen LogP contribution in [-0.4, -0.2) is 37.0 Å². The molecule has 0 aliphatic rings. The van der Waals surface area contributed by atoms with Crippen molar-refractivity contribution in [3.05, 3.63) is 68.7 Å². The Bertz CT molecular complexity index is 913. The topological polar surface area (TPSA) is 81.9 Å². The largest absolute Gasteiger partial charge is 0.493 e. The highest BCUT2D eigenvalue weighted by molar-refractivity contribution is 6.32. The van der Waals surface area contributed by atoms with E-state index in [1.165, 1.54) is 37.3 Å². The average Bonchev–Trinajstić information content (AvgIpc) is 2.70. The molecule has 2 rings (SSSR count). The van der Waals surface area contributed by atoms with E-state index >= 15 is 0 Å². The van der Waals surface area contributed by atoms with Gasteiger partial charge in [-0.15, -0.1) is 0 Å². The first-order valence-corrected chi connectivity index (χ1v) is 8.77. The summed E-state index contributed by atoms with van der Waals surface area (Å²) in [4.78, 5) is 24.5. The molecule has 1 atom stereocenters. The number of benzene rings is 2. The molecule has 0 saturated heterocycles. The maximum Gasteiger partial charge on any atom is 0.269 e. The number of carbonyl (C=O) groups is 1. The van der Waals surface area contributed by atoms with Gasteiger partial charge in [-0.2, -0.15) is 0 Å². The molecule has 8 heteroatoms. The SMILES string of the molecule is COc1cc(/C=C/C(=O)N(C)[C@H](C)c2cccc([N+](=O)[O-])c2)cc(Cl)c1OC. The van der Waals surface area contributed by atoms with Gasteiger partial charge in [-0.25, -0.2) is 0 Å². The van der Waals surface area contributed by atoms with Crippen LogP contribution in [0, 0.1) is 10.1 Å². The highest BCUT2D eigenvalue weighted by Crippen LogP contribution is 2.36. The first kappa shape index (κ1) is 21.2. The fourth-order valence-electron chi connectivity index (χ4n) is 2.63. The van der Waals surface area contributed by atoms with Crippen molar-refractivity contribution in [1.82, 2.24) is 4.90 Å². The van der Waals surface area contributed by atoms with Gasteiger partial charge in [-0.1, -0.05) is 23.7 Å². The molecule has 2 aromatic rings. The quantitative estimate of drug-likeness (QED) is 0.385. The van der Waals surface area contributed by atoms with Gasteiger partial charge in [-0.05, 0) is 36.3 Å². The first-order chi connectivity index (χ1) is 13.3. The molecule has 2 aromatic carbocycles. The van der Waals surface area contributed by atoms with Gasteiger partial charge in [0.1, 0.15) is 0 Å². The molecule has 0 radical (unpaired) electrons. The molecule has 0 fully saturated rings. The molecule has 0 unspecified atom stereocenters. The highest BCUT2D eigenvalue weighted by Gasteiger charge is 2.18. The lowest BCUT2D eigenvalue weighted by atomic mass is 10.1. The number of nitro benzene ring substituents is 1. The predicted molar refractivity (Wildman–Crippen MR) is 108 cm³/mol. The lowest BCUT2D eigenvalue weighted by Gasteiger charge is -2.24. The van der Waals surface area contributed by atoms with E-state index in [-0.39, 0.29) is 17.6 Å². The Balaban J connectivity index is 2.19. The third kappa shape index (κ3) is 4.80. The number of hydrogen-bond acceptors (Lipinski definition) is 5. The second kappa shape index (κ2) is 9.23. The summed E-state index contributed by atoms with van der Waals surface area (Å²) in [6.45, 7) is 1.80. The summed E-state index contributed by atoms with van der Waals surface area (Å²) < 4.78 is 10.4. The predicted octanol–water partition coefficient (Wildman–Crippen LogP) is 4.50. The number of non-ortho nitro benzene ring substituents is 1. The minimum atomic E-state index is -0.460. The molecule has 0 heterocycles. The van der Waals surface area contributed by atoms with Crippen LogP contribution in [0.15, 0.2) is 42.5 Å². The number of methoxy groups -OCH3 is 2. The van der Waals surface area contributed by atoms with Gasteiger partial charge < -0.3 is 14.4 Å². The van der Waals surface area contributed by atoms with Gasteiger partial charge >= 0.3 is 0 Å². The number of nitrogens with zero attached hydrogens (tertiary/aromatic N) is 2. The van der Waals surface area contributed by atoms with Crippen LogP contribution in [0.4, 0.5) is 5.69 Å². The van der Waals surface area contributed by atoms with E-state index in [2.05, 4.69) is 0 Å². The van der Waals surface area contributed by atoms with Gasteiger partial charge in [0.2, 0.25) is 5.91 Å². The molecule has 0 saturated carbocycles. The average molecular weight is 405 g/mol. The molecule has 0 aliphatic heterocycles. The van der Waals surface area contributed by atoms with Crippen molar-refractivity contribution in [3.63, 3.8) is 0 Å². The van der Waals surface area contributed by atoms with Gasteiger partial charge in [0, 0.05) is 25.3 Å². The number of amides is 1. The van der Waals surface area contributed by atoms with Crippen molar-refractivity contribution in [2.24, 2.45) is 0 Å². The summed E-state index contributed by atoms with van der Waals surface area (Å²) >= 11 is 6.17. The van der Waals surface area contributed by atoms with E-state index in [1.54, 1.807) is 44.3 Å². The van der Waals surface area contributed by atoms with Crippen LogP contribution < -0.4 is 9.47 Å². The zero-order chi connectivity index (χ0) is 20.8. The van der Waals surface area contributed by atoms with Gasteiger partial charge in [0.15, 0.2) is 11.5 Å². The normalized spacial score (nSPS) is 11.9. The molecule has 0 N–H and O–H groups in total. The Morgan fingerprint density at radius 2 is 1.96 bits per heavy atom. The van der Waals surface area contributed by atoms with Crippen molar-refractivity contribution in [2.75, 3.05) is 21.3 Å². The van der Waals surface area contributed by atoms with E-state index in [9.17, 15) is 14.9 Å². The van der Waals surface area contributed by atoms with Crippen LogP contribution in [0.5, 0.6) is 11.5 Å². The molecule has 7 nitrogen and oxygen atoms in total. The summed E-state index contributed by atoms with van der Waals surface area (Å²) in [7, 11) is 4.63. The third-order valence-electron chi connectivity index (χ3n) is 4.37. The first-order valence-electron chi connectivity index (χ1n) is 8.39. The molecule has 0 bridgehead atoms. The standard InChI is InChI=1S/C20H21ClN2O5/c1-13(15-6-5-7-16(12-15)23(25)26)22(2)19(24)9-8-14-10-17(21)20(28-4)18(11-14)27-3/h5-13H,1-4H3/b9-8+/t13-/m1/s1. The fraction of sp³-hybridized carbons (Fsp3) is 0.250. The minimum Gasteiger partial charge on any atom is -0.493 e. The Morgan fingerprint density at radius 3 is 2.57 bits per heavy atom. The summed E-state index contributed by atoms with van der Waals surface area (Å²) in [5, 5.41) is 11.3. The Hall–Kier alpha value is -3.06. The molecule has 148 valence electrons. The Kier molecular flexibility index (Phi) is 7.00. The van der Waals surface area contributed by atoms with Crippen LogP contribution >= 0.6 is 11.6 Å². The molecule has 1 amide bonds. The summed E-state index contributed by atoms with van der Waals surface area (Å²) in [6.07, 6.45) is 3.03. The van der Waals surface area contributed by atoms with Crippen molar-refractivity contribution in [3.8, 4) is 11.5 Å². The lowest BCUT2D eigenvalue weighted by Crippen LogP contribution is -2.28. The van der Waals surface area contributed by atoms with E-state index in [1.807, 2.05) is 0 Å². The van der Waals surface area contributed by atoms with Gasteiger partial charge in [0.25, 0.3) is 5.69 Å². The monoisotopic (exact) mass is 404 g/mol. The maximum atomic E-state index is 12.5. The molecule has 28 heavy (non-hydrogen) atoms. The van der Waals surface area contributed by atoms with E-state index in [0.29, 0.717) is 27.6 Å². The van der Waals surface area contributed by atoms with Crippen molar-refractivity contribution >= 4 is 29.3 Å². The van der Waals surface area contributed by atoms with Crippen LogP contribution in [0.2, 0.25) is 5.02 Å². The maximum absolute atomic E-state index is 12.5. The number of ether oxygens (including phenoxy) is 2. The molecule has 0 spiro atoms. The number of rotatable bonds is 7. The second-order valence-corrected chi connectivity index (χ2v) is 6.46. The van der Waals surface area contributed by atoms with Gasteiger partial charge in [0.05, 0.1) is 30.2 Å². The Labute approximate surface area is 168 Å². The van der Waals surface area contributed by atoms with Crippen molar-refractivity contribution in [1.29, 1.82) is 0 Å². The second-order valence-electron chi connectivity index (χ2n) is 6.05. The van der Waals surface area contributed by atoms with Crippen LogP contribution in [0.3, 0.4) is 0 Å². The summed E-state index contributed by atoms with van der Waals surface area (Å²) in [5.41, 5.74) is 1.33. The van der Waals surface area contributed by atoms with Crippen LogP contribution in [0.25, 0.3) is 6.08 Å². The molecular weight excluding hydrogens is 384 g/mol. The summed E-state index contributed by atoms with van der Waals surface area (Å²) in [6, 6.07) is 9.26. The minimum absolute atomic E-state index is 0.0132. The van der Waals surface area contributed by atoms with Crippen LogP contribution in [0.1, 0.15) is 24.1 Å². The van der Waals surface area contributed by atoms with Crippen LogP contribution in [-0.2, 0) is 4.79 Å². The molecule has 0 aliphatic carbocycles. The summed E-state index contributed by atoms with van der Waals surface area (Å²) in [5.74, 6) is 0.620. The molecular formula is C20H21ClN2O5. The number of halogens is 1. The third-order valence-corrected chi connectivity index (χ3v) is 4.65. The number of likely N-dealkylation sites (N-methyl/N-ethyl adjacent to an activating group) is 1. The van der Waals surface area contributed by atoms with Gasteiger partial charge in [-0.3, -0.25) is 14.9 Å². The Morgan fingerprint density at radius 1 is 1.25 bits per heavy atom. The van der Waals surface area contributed by atoms with E-state index in [0.717, 1.165) is 0 Å². The fourth-order valence-corrected chi connectivity index (χ4v) is 2.93. The van der Waals surface area contributed by atoms with E-state index < -0.39 is 4.92 Å². The van der Waals surface area contributed by atoms with E-state index in [4.69, 9.17) is 21.1 Å². The zero-order valence-electron chi connectivity index (χ0n) is 16.0. The number of carbonyl (C=O) groups excluding carboxylic acids is 1.